The fourth-order valence-electron chi connectivity index (χ4n) is 3.49. The SMILES string of the molecule is Cc1cccc(-n2c(SCC(=O)NC(=O)NCCc3cccs3)nc3ccccc3c2=O)c1C. The van der Waals surface area contributed by atoms with Crippen LogP contribution in [0.3, 0.4) is 0 Å². The number of carbonyl (C=O) groups excluding carboxylic acids is 2. The van der Waals surface area contributed by atoms with E-state index in [0.29, 0.717) is 29.0 Å². The molecule has 2 aromatic carbocycles. The number of fused-ring (bicyclic) bond motifs is 1. The number of hydrogen-bond acceptors (Lipinski definition) is 6. The van der Waals surface area contributed by atoms with Crippen molar-refractivity contribution >= 4 is 45.9 Å². The van der Waals surface area contributed by atoms with Crippen LogP contribution in [0.4, 0.5) is 4.79 Å². The number of carbonyl (C=O) groups is 2. The first-order valence-corrected chi connectivity index (χ1v) is 12.6. The quantitative estimate of drug-likeness (QED) is 0.298. The van der Waals surface area contributed by atoms with Crippen molar-refractivity contribution in [1.82, 2.24) is 20.2 Å². The van der Waals surface area contributed by atoms with E-state index in [1.165, 1.54) is 0 Å². The third-order valence-corrected chi connectivity index (χ3v) is 7.26. The number of aromatic nitrogens is 2. The van der Waals surface area contributed by atoms with Crippen molar-refractivity contribution in [3.63, 3.8) is 0 Å². The van der Waals surface area contributed by atoms with E-state index in [1.807, 2.05) is 55.6 Å². The summed E-state index contributed by atoms with van der Waals surface area (Å²) in [5.74, 6) is -0.526. The van der Waals surface area contributed by atoms with E-state index in [0.717, 1.165) is 33.5 Å². The number of aryl methyl sites for hydroxylation is 1. The first-order chi connectivity index (χ1) is 16.4. The second-order valence-corrected chi connectivity index (χ2v) is 9.67. The lowest BCUT2D eigenvalue weighted by atomic mass is 10.1. The largest absolute Gasteiger partial charge is 0.337 e. The molecule has 3 amide bonds. The Bertz CT molecular complexity index is 1400. The molecule has 4 rings (SSSR count). The summed E-state index contributed by atoms with van der Waals surface area (Å²) in [5.41, 5.74) is 3.08. The molecule has 0 spiro atoms. The predicted molar refractivity (Wildman–Crippen MR) is 137 cm³/mol. The number of imide groups is 1. The molecule has 2 N–H and O–H groups in total. The molecule has 0 radical (unpaired) electrons. The summed E-state index contributed by atoms with van der Waals surface area (Å²) in [5, 5.41) is 7.91. The van der Waals surface area contributed by atoms with Crippen molar-refractivity contribution in [2.45, 2.75) is 25.4 Å². The summed E-state index contributed by atoms with van der Waals surface area (Å²) in [6.07, 6.45) is 0.706. The molecule has 7 nitrogen and oxygen atoms in total. The average Bonchev–Trinajstić information content (AvgIpc) is 3.34. The molecule has 0 bridgehead atoms. The summed E-state index contributed by atoms with van der Waals surface area (Å²) in [7, 11) is 0. The maximum absolute atomic E-state index is 13.4. The van der Waals surface area contributed by atoms with Crippen LogP contribution in [0.15, 0.2) is 69.9 Å². The number of nitrogens with one attached hydrogen (secondary N) is 2. The Labute approximate surface area is 205 Å². The van der Waals surface area contributed by atoms with E-state index < -0.39 is 11.9 Å². The molecular formula is C25H24N4O3S2. The van der Waals surface area contributed by atoms with Gasteiger partial charge in [0.05, 0.1) is 22.3 Å². The van der Waals surface area contributed by atoms with E-state index >= 15 is 0 Å². The maximum atomic E-state index is 13.4. The zero-order chi connectivity index (χ0) is 24.1. The fourth-order valence-corrected chi connectivity index (χ4v) is 5.01. The molecule has 9 heteroatoms. The van der Waals surface area contributed by atoms with Gasteiger partial charge in [0.25, 0.3) is 5.56 Å². The Hall–Kier alpha value is -3.43. The van der Waals surface area contributed by atoms with Crippen LogP contribution in [0, 0.1) is 13.8 Å². The minimum absolute atomic E-state index is 0.0615. The lowest BCUT2D eigenvalue weighted by Gasteiger charge is -2.16. The summed E-state index contributed by atoms with van der Waals surface area (Å²) < 4.78 is 1.55. The number of thiophene rings is 1. The van der Waals surface area contributed by atoms with Crippen molar-refractivity contribution in [3.8, 4) is 5.69 Å². The van der Waals surface area contributed by atoms with Gasteiger partial charge in [-0.05, 0) is 61.0 Å². The van der Waals surface area contributed by atoms with Gasteiger partial charge in [0.1, 0.15) is 0 Å². The van der Waals surface area contributed by atoms with Gasteiger partial charge in [0, 0.05) is 11.4 Å². The number of thioether (sulfide) groups is 1. The summed E-state index contributed by atoms with van der Waals surface area (Å²) >= 11 is 2.74. The van der Waals surface area contributed by atoms with Crippen LogP contribution in [0.5, 0.6) is 0 Å². The van der Waals surface area contributed by atoms with E-state index in [9.17, 15) is 14.4 Å². The summed E-state index contributed by atoms with van der Waals surface area (Å²) in [4.78, 5) is 43.7. The number of nitrogens with zero attached hydrogens (tertiary/aromatic N) is 2. The maximum Gasteiger partial charge on any atom is 0.321 e. The van der Waals surface area contributed by atoms with E-state index in [-0.39, 0.29) is 11.3 Å². The van der Waals surface area contributed by atoms with Crippen LogP contribution in [-0.2, 0) is 11.2 Å². The van der Waals surface area contributed by atoms with E-state index in [2.05, 4.69) is 15.6 Å². The Morgan fingerprint density at radius 2 is 1.88 bits per heavy atom. The standard InChI is InChI=1S/C25H24N4O3S2/c1-16-7-5-11-21(17(16)2)29-23(31)19-9-3-4-10-20(19)27-25(29)34-15-22(30)28-24(32)26-13-12-18-8-6-14-33-18/h3-11,14H,12-13,15H2,1-2H3,(H2,26,28,30,32). The van der Waals surface area contributed by atoms with Crippen LogP contribution >= 0.6 is 23.1 Å². The van der Waals surface area contributed by atoms with Crippen LogP contribution in [0.2, 0.25) is 0 Å². The molecule has 2 aromatic heterocycles. The third kappa shape index (κ3) is 5.37. The molecule has 174 valence electrons. The van der Waals surface area contributed by atoms with Crippen molar-refractivity contribution in [2.75, 3.05) is 12.3 Å². The number of urea groups is 1. The predicted octanol–water partition coefficient (Wildman–Crippen LogP) is 4.22. The van der Waals surface area contributed by atoms with Gasteiger partial charge in [-0.15, -0.1) is 11.3 Å². The van der Waals surface area contributed by atoms with Gasteiger partial charge < -0.3 is 5.32 Å². The van der Waals surface area contributed by atoms with E-state index in [4.69, 9.17) is 0 Å². The second-order valence-electron chi connectivity index (χ2n) is 7.69. The first kappa shape index (κ1) is 23.7. The number of amides is 3. The number of benzene rings is 2. The molecule has 0 unspecified atom stereocenters. The van der Waals surface area contributed by atoms with Crippen molar-refractivity contribution in [2.24, 2.45) is 0 Å². The Morgan fingerprint density at radius 1 is 1.06 bits per heavy atom. The third-order valence-electron chi connectivity index (χ3n) is 5.38. The van der Waals surface area contributed by atoms with Crippen LogP contribution < -0.4 is 16.2 Å². The second kappa shape index (κ2) is 10.7. The number of rotatable bonds is 7. The van der Waals surface area contributed by atoms with Gasteiger partial charge in [-0.2, -0.15) is 0 Å². The van der Waals surface area contributed by atoms with Gasteiger partial charge in [0.15, 0.2) is 5.16 Å². The Kier molecular flexibility index (Phi) is 7.44. The highest BCUT2D eigenvalue weighted by molar-refractivity contribution is 7.99. The van der Waals surface area contributed by atoms with Gasteiger partial charge >= 0.3 is 6.03 Å². The summed E-state index contributed by atoms with van der Waals surface area (Å²) in [6, 6.07) is 16.3. The van der Waals surface area contributed by atoms with Crippen molar-refractivity contribution in [1.29, 1.82) is 0 Å². The topological polar surface area (TPSA) is 93.1 Å². The zero-order valence-corrected chi connectivity index (χ0v) is 20.5. The van der Waals surface area contributed by atoms with E-state index in [1.54, 1.807) is 34.1 Å². The lowest BCUT2D eigenvalue weighted by molar-refractivity contribution is -0.117. The van der Waals surface area contributed by atoms with Gasteiger partial charge in [-0.25, -0.2) is 9.78 Å². The molecule has 0 aliphatic carbocycles. The molecule has 4 aromatic rings. The highest BCUT2D eigenvalue weighted by atomic mass is 32.2. The smallest absolute Gasteiger partial charge is 0.321 e. The van der Waals surface area contributed by atoms with Crippen LogP contribution in [-0.4, -0.2) is 33.8 Å². The lowest BCUT2D eigenvalue weighted by Crippen LogP contribution is -2.41. The first-order valence-electron chi connectivity index (χ1n) is 10.8. The van der Waals surface area contributed by atoms with Gasteiger partial charge in [-0.1, -0.05) is 42.1 Å². The molecule has 34 heavy (non-hydrogen) atoms. The molecule has 0 aliphatic rings. The van der Waals surface area contributed by atoms with Crippen LogP contribution in [0.1, 0.15) is 16.0 Å². The Balaban J connectivity index is 1.51. The average molecular weight is 493 g/mol. The summed E-state index contributed by atoms with van der Waals surface area (Å²) in [6.45, 7) is 4.37. The molecular weight excluding hydrogens is 468 g/mol. The van der Waals surface area contributed by atoms with Gasteiger partial charge in [0.2, 0.25) is 5.91 Å². The molecule has 0 fully saturated rings. The monoisotopic (exact) mass is 492 g/mol. The molecule has 2 heterocycles. The minimum Gasteiger partial charge on any atom is -0.337 e. The molecule has 0 saturated carbocycles. The molecule has 0 aliphatic heterocycles. The van der Waals surface area contributed by atoms with Crippen molar-refractivity contribution in [3.05, 3.63) is 86.3 Å². The van der Waals surface area contributed by atoms with Gasteiger partial charge in [-0.3, -0.25) is 19.5 Å². The molecule has 0 saturated heterocycles. The number of hydrogen-bond donors (Lipinski definition) is 2. The zero-order valence-electron chi connectivity index (χ0n) is 18.8. The highest BCUT2D eigenvalue weighted by Crippen LogP contribution is 2.24. The highest BCUT2D eigenvalue weighted by Gasteiger charge is 2.17. The van der Waals surface area contributed by atoms with Crippen LogP contribution in [0.25, 0.3) is 16.6 Å². The van der Waals surface area contributed by atoms with Crippen molar-refractivity contribution < 1.29 is 9.59 Å². The number of para-hydroxylation sites is 1. The normalized spacial score (nSPS) is 10.9. The fraction of sp³-hybridized carbons (Fsp3) is 0.200. The Morgan fingerprint density at radius 3 is 2.68 bits per heavy atom. The molecule has 0 atom stereocenters. The minimum atomic E-state index is -0.541.